The van der Waals surface area contributed by atoms with Crippen molar-refractivity contribution in [2.24, 2.45) is 0 Å². The average molecular weight is 265 g/mol. The van der Waals surface area contributed by atoms with E-state index in [1.54, 1.807) is 14.1 Å². The van der Waals surface area contributed by atoms with E-state index in [0.29, 0.717) is 6.54 Å². The molecule has 0 saturated carbocycles. The predicted octanol–water partition coefficient (Wildman–Crippen LogP) is 0.893. The normalized spacial score (nSPS) is 12.9. The van der Waals surface area contributed by atoms with Crippen LogP contribution in [-0.4, -0.2) is 57.3 Å². The van der Waals surface area contributed by atoms with Crippen LogP contribution in [0.1, 0.15) is 33.1 Å². The van der Waals surface area contributed by atoms with Gasteiger partial charge in [-0.1, -0.05) is 13.8 Å². The molecule has 0 rings (SSSR count). The smallest absolute Gasteiger partial charge is 0.281 e. The van der Waals surface area contributed by atoms with Crippen LogP contribution in [0.2, 0.25) is 0 Å². The van der Waals surface area contributed by atoms with Gasteiger partial charge >= 0.3 is 0 Å². The Balaban J connectivity index is 4.53. The summed E-state index contributed by atoms with van der Waals surface area (Å²) in [4.78, 5) is 0. The molecule has 0 aliphatic carbocycles. The third kappa shape index (κ3) is 4.91. The fraction of sp³-hybridized carbons (Fsp3) is 1.00. The Bertz CT molecular complexity index is 289. The molecule has 0 bridgehead atoms. The van der Waals surface area contributed by atoms with Crippen LogP contribution in [0, 0.1) is 0 Å². The monoisotopic (exact) mass is 265 g/mol. The molecule has 0 aromatic carbocycles. The molecule has 5 nitrogen and oxygen atoms in total. The molecule has 0 radical (unpaired) electrons. The number of nitrogens with zero attached hydrogens (tertiary/aromatic N) is 2. The SMILES string of the molecule is CCC(CC)N(C)S(=O)(=O)N(C)CCCNC. The number of hydrogen-bond donors (Lipinski definition) is 1. The molecule has 104 valence electrons. The van der Waals surface area contributed by atoms with E-state index < -0.39 is 10.2 Å². The average Bonchev–Trinajstić information content (AvgIpc) is 2.30. The van der Waals surface area contributed by atoms with Crippen LogP contribution >= 0.6 is 0 Å². The van der Waals surface area contributed by atoms with Crippen molar-refractivity contribution in [1.82, 2.24) is 13.9 Å². The van der Waals surface area contributed by atoms with Gasteiger partial charge in [0.25, 0.3) is 10.2 Å². The van der Waals surface area contributed by atoms with E-state index in [2.05, 4.69) is 5.32 Å². The second kappa shape index (κ2) is 8.02. The summed E-state index contributed by atoms with van der Waals surface area (Å²) in [6, 6.07) is 0.0896. The van der Waals surface area contributed by atoms with Crippen LogP contribution in [0.5, 0.6) is 0 Å². The van der Waals surface area contributed by atoms with Crippen molar-refractivity contribution in [1.29, 1.82) is 0 Å². The first-order valence-electron chi connectivity index (χ1n) is 6.25. The maximum atomic E-state index is 12.2. The van der Waals surface area contributed by atoms with Crippen molar-refractivity contribution in [2.75, 3.05) is 34.2 Å². The number of nitrogens with one attached hydrogen (secondary N) is 1. The molecule has 0 aliphatic heterocycles. The second-order valence-electron chi connectivity index (χ2n) is 4.27. The molecule has 17 heavy (non-hydrogen) atoms. The van der Waals surface area contributed by atoms with E-state index in [1.165, 1.54) is 8.61 Å². The van der Waals surface area contributed by atoms with Crippen LogP contribution < -0.4 is 5.32 Å². The lowest BCUT2D eigenvalue weighted by Gasteiger charge is -2.29. The van der Waals surface area contributed by atoms with E-state index >= 15 is 0 Å². The lowest BCUT2D eigenvalue weighted by Crippen LogP contribution is -2.45. The third-order valence-corrected chi connectivity index (χ3v) is 5.11. The summed E-state index contributed by atoms with van der Waals surface area (Å²) >= 11 is 0. The molecule has 0 aromatic rings. The van der Waals surface area contributed by atoms with Crippen LogP contribution in [0.4, 0.5) is 0 Å². The third-order valence-electron chi connectivity index (χ3n) is 3.11. The minimum Gasteiger partial charge on any atom is -0.320 e. The van der Waals surface area contributed by atoms with Gasteiger partial charge in [-0.15, -0.1) is 0 Å². The molecule has 0 aliphatic rings. The van der Waals surface area contributed by atoms with E-state index in [-0.39, 0.29) is 6.04 Å². The quantitative estimate of drug-likeness (QED) is 0.630. The van der Waals surface area contributed by atoms with Gasteiger partial charge in [-0.2, -0.15) is 17.0 Å². The predicted molar refractivity (Wildman–Crippen MR) is 72.2 cm³/mol. The Kier molecular flexibility index (Phi) is 7.94. The summed E-state index contributed by atoms with van der Waals surface area (Å²) in [5, 5.41) is 3.01. The lowest BCUT2D eigenvalue weighted by atomic mass is 10.2. The van der Waals surface area contributed by atoms with E-state index in [9.17, 15) is 8.42 Å². The highest BCUT2D eigenvalue weighted by Crippen LogP contribution is 2.13. The Morgan fingerprint density at radius 2 is 1.71 bits per heavy atom. The summed E-state index contributed by atoms with van der Waals surface area (Å²) in [5.74, 6) is 0. The maximum Gasteiger partial charge on any atom is 0.281 e. The van der Waals surface area contributed by atoms with Gasteiger partial charge in [0, 0.05) is 26.7 Å². The van der Waals surface area contributed by atoms with Crippen molar-refractivity contribution in [3.05, 3.63) is 0 Å². The van der Waals surface area contributed by atoms with Crippen molar-refractivity contribution in [3.63, 3.8) is 0 Å². The van der Waals surface area contributed by atoms with Crippen LogP contribution in [0.25, 0.3) is 0 Å². The Morgan fingerprint density at radius 1 is 1.18 bits per heavy atom. The first-order chi connectivity index (χ1) is 7.91. The van der Waals surface area contributed by atoms with Gasteiger partial charge in [-0.3, -0.25) is 0 Å². The minimum absolute atomic E-state index is 0.0896. The van der Waals surface area contributed by atoms with Crippen molar-refractivity contribution in [2.45, 2.75) is 39.2 Å². The highest BCUT2D eigenvalue weighted by atomic mass is 32.2. The van der Waals surface area contributed by atoms with Gasteiger partial charge in [0.1, 0.15) is 0 Å². The lowest BCUT2D eigenvalue weighted by molar-refractivity contribution is 0.316. The summed E-state index contributed by atoms with van der Waals surface area (Å²) in [6.07, 6.45) is 2.51. The fourth-order valence-electron chi connectivity index (χ4n) is 1.80. The molecule has 6 heteroatoms. The first-order valence-corrected chi connectivity index (χ1v) is 7.65. The molecule has 0 saturated heterocycles. The zero-order valence-electron chi connectivity index (χ0n) is 11.7. The molecular weight excluding hydrogens is 238 g/mol. The minimum atomic E-state index is -3.30. The largest absolute Gasteiger partial charge is 0.320 e. The van der Waals surface area contributed by atoms with Gasteiger partial charge in [0.2, 0.25) is 0 Å². The number of rotatable bonds is 9. The molecule has 0 fully saturated rings. The van der Waals surface area contributed by atoms with Crippen LogP contribution in [-0.2, 0) is 10.2 Å². The summed E-state index contributed by atoms with van der Waals surface area (Å²) in [6.45, 7) is 5.41. The highest BCUT2D eigenvalue weighted by molar-refractivity contribution is 7.86. The molecule has 0 heterocycles. The summed E-state index contributed by atoms with van der Waals surface area (Å²) in [5.41, 5.74) is 0. The molecule has 0 amide bonds. The van der Waals surface area contributed by atoms with E-state index in [0.717, 1.165) is 25.8 Å². The molecule has 0 unspecified atom stereocenters. The molecule has 0 aromatic heterocycles. The van der Waals surface area contributed by atoms with Gasteiger partial charge in [0.15, 0.2) is 0 Å². The Morgan fingerprint density at radius 3 is 2.12 bits per heavy atom. The molecule has 1 N–H and O–H groups in total. The summed E-state index contributed by atoms with van der Waals surface area (Å²) in [7, 11) is 1.87. The van der Waals surface area contributed by atoms with E-state index in [1.807, 2.05) is 20.9 Å². The molecule has 0 atom stereocenters. The summed E-state index contributed by atoms with van der Waals surface area (Å²) < 4.78 is 27.4. The maximum absolute atomic E-state index is 12.2. The fourth-order valence-corrected chi connectivity index (χ4v) is 3.28. The van der Waals surface area contributed by atoms with Crippen LogP contribution in [0.3, 0.4) is 0 Å². The van der Waals surface area contributed by atoms with Gasteiger partial charge in [-0.05, 0) is 32.9 Å². The van der Waals surface area contributed by atoms with Gasteiger partial charge in [-0.25, -0.2) is 0 Å². The number of hydrogen-bond acceptors (Lipinski definition) is 3. The van der Waals surface area contributed by atoms with Crippen LogP contribution in [0.15, 0.2) is 0 Å². The van der Waals surface area contributed by atoms with Crippen molar-refractivity contribution in [3.8, 4) is 0 Å². The zero-order chi connectivity index (χ0) is 13.5. The van der Waals surface area contributed by atoms with Gasteiger partial charge < -0.3 is 5.32 Å². The standard InChI is InChI=1S/C11H27N3O2S/c1-6-11(7-2)14(5)17(15,16)13(4)10-8-9-12-3/h11-12H,6-10H2,1-5H3. The molecular formula is C11H27N3O2S. The van der Waals surface area contributed by atoms with Gasteiger partial charge in [0.05, 0.1) is 0 Å². The van der Waals surface area contributed by atoms with Crippen molar-refractivity contribution < 1.29 is 8.42 Å². The topological polar surface area (TPSA) is 52.7 Å². The first kappa shape index (κ1) is 16.8. The van der Waals surface area contributed by atoms with Crippen molar-refractivity contribution >= 4 is 10.2 Å². The second-order valence-corrected chi connectivity index (χ2v) is 6.37. The Labute approximate surface area is 106 Å². The highest BCUT2D eigenvalue weighted by Gasteiger charge is 2.27. The zero-order valence-corrected chi connectivity index (χ0v) is 12.5. The van der Waals surface area contributed by atoms with E-state index in [4.69, 9.17) is 0 Å². The molecule has 0 spiro atoms. The Hall–Kier alpha value is -0.170.